The van der Waals surface area contributed by atoms with Gasteiger partial charge in [-0.2, -0.15) is 0 Å². The van der Waals surface area contributed by atoms with Crippen LogP contribution in [-0.4, -0.2) is 27.7 Å². The molecule has 0 bridgehead atoms. The molecule has 1 heterocycles. The Balaban J connectivity index is 2.39. The van der Waals surface area contributed by atoms with Crippen molar-refractivity contribution in [2.45, 2.75) is 33.3 Å². The van der Waals surface area contributed by atoms with Crippen LogP contribution >= 0.6 is 0 Å². The van der Waals surface area contributed by atoms with Crippen molar-refractivity contribution in [1.82, 2.24) is 9.97 Å². The number of hydrogen-bond acceptors (Lipinski definition) is 4. The molecular formula is C12H18N2O3. The summed E-state index contributed by atoms with van der Waals surface area (Å²) in [5.41, 5.74) is 0.536. The molecule has 0 radical (unpaired) electrons. The van der Waals surface area contributed by atoms with Gasteiger partial charge in [0.25, 0.3) is 0 Å². The van der Waals surface area contributed by atoms with Crippen LogP contribution in [0.5, 0.6) is 0 Å². The molecule has 5 heteroatoms. The first-order valence-corrected chi connectivity index (χ1v) is 5.71. The van der Waals surface area contributed by atoms with Gasteiger partial charge in [-0.05, 0) is 18.8 Å². The molecule has 0 unspecified atom stereocenters. The molecule has 0 aliphatic heterocycles. The monoisotopic (exact) mass is 238 g/mol. The van der Waals surface area contributed by atoms with Gasteiger partial charge in [0.1, 0.15) is 11.9 Å². The van der Waals surface area contributed by atoms with Gasteiger partial charge in [0.05, 0.1) is 12.3 Å². The minimum Gasteiger partial charge on any atom is -0.478 e. The largest absolute Gasteiger partial charge is 0.478 e. The smallest absolute Gasteiger partial charge is 0.339 e. The summed E-state index contributed by atoms with van der Waals surface area (Å²) in [6.07, 6.45) is 4.71. The van der Waals surface area contributed by atoms with Gasteiger partial charge >= 0.3 is 5.97 Å². The maximum Gasteiger partial charge on any atom is 0.339 e. The molecule has 1 aromatic heterocycles. The Bertz CT molecular complexity index is 367. The van der Waals surface area contributed by atoms with Crippen LogP contribution in [-0.2, 0) is 11.3 Å². The predicted octanol–water partition coefficient (Wildman–Crippen LogP) is 2.13. The fraction of sp³-hybridized carbons (Fsp3) is 0.583. The topological polar surface area (TPSA) is 72.3 Å². The van der Waals surface area contributed by atoms with Gasteiger partial charge in [0.15, 0.2) is 0 Å². The average molecular weight is 238 g/mol. The molecular weight excluding hydrogens is 220 g/mol. The normalized spacial score (nSPS) is 10.8. The van der Waals surface area contributed by atoms with Crippen molar-refractivity contribution in [3.05, 3.63) is 23.8 Å². The van der Waals surface area contributed by atoms with Crippen LogP contribution in [0.4, 0.5) is 0 Å². The van der Waals surface area contributed by atoms with Crippen molar-refractivity contribution in [3.63, 3.8) is 0 Å². The summed E-state index contributed by atoms with van der Waals surface area (Å²) in [4.78, 5) is 18.5. The molecule has 0 aromatic carbocycles. The fourth-order valence-electron chi connectivity index (χ4n) is 1.41. The first-order chi connectivity index (χ1) is 8.11. The lowest BCUT2D eigenvalue weighted by atomic mass is 10.1. The summed E-state index contributed by atoms with van der Waals surface area (Å²) in [6, 6.07) is 0. The third kappa shape index (κ3) is 4.91. The molecule has 5 nitrogen and oxygen atoms in total. The van der Waals surface area contributed by atoms with E-state index in [1.807, 2.05) is 0 Å². The van der Waals surface area contributed by atoms with Crippen molar-refractivity contribution in [2.75, 3.05) is 6.61 Å². The van der Waals surface area contributed by atoms with Crippen molar-refractivity contribution in [1.29, 1.82) is 0 Å². The zero-order valence-electron chi connectivity index (χ0n) is 10.2. The summed E-state index contributed by atoms with van der Waals surface area (Å²) in [6.45, 7) is 5.17. The summed E-state index contributed by atoms with van der Waals surface area (Å²) >= 11 is 0. The highest BCUT2D eigenvalue weighted by Crippen LogP contribution is 2.07. The Hall–Kier alpha value is -1.49. The third-order valence-corrected chi connectivity index (χ3v) is 2.33. The second kappa shape index (κ2) is 6.96. The van der Waals surface area contributed by atoms with Crippen LogP contribution in [0.3, 0.4) is 0 Å². The molecule has 0 spiro atoms. The van der Waals surface area contributed by atoms with E-state index in [0.717, 1.165) is 12.8 Å². The van der Waals surface area contributed by atoms with E-state index in [1.165, 1.54) is 12.5 Å². The molecule has 1 aromatic rings. The highest BCUT2D eigenvalue weighted by molar-refractivity contribution is 5.88. The number of carboxylic acid groups (broad SMARTS) is 1. The van der Waals surface area contributed by atoms with Gasteiger partial charge < -0.3 is 9.84 Å². The van der Waals surface area contributed by atoms with Crippen LogP contribution in [0.1, 0.15) is 42.7 Å². The fourth-order valence-corrected chi connectivity index (χ4v) is 1.41. The van der Waals surface area contributed by atoms with Gasteiger partial charge in [0.2, 0.25) is 0 Å². The van der Waals surface area contributed by atoms with Crippen molar-refractivity contribution in [2.24, 2.45) is 5.92 Å². The van der Waals surface area contributed by atoms with Gasteiger partial charge in [-0.1, -0.05) is 13.8 Å². The second-order valence-corrected chi connectivity index (χ2v) is 4.28. The number of rotatable bonds is 7. The summed E-state index contributed by atoms with van der Waals surface area (Å²) in [7, 11) is 0. The summed E-state index contributed by atoms with van der Waals surface area (Å²) in [5.74, 6) is -0.362. The lowest BCUT2D eigenvalue weighted by molar-refractivity contribution is 0.0683. The third-order valence-electron chi connectivity index (χ3n) is 2.33. The molecule has 0 amide bonds. The Kier molecular flexibility index (Phi) is 5.56. The van der Waals surface area contributed by atoms with E-state index in [-0.39, 0.29) is 12.2 Å². The number of ether oxygens (including phenoxy) is 1. The lowest BCUT2D eigenvalue weighted by Crippen LogP contribution is -2.08. The first kappa shape index (κ1) is 13.6. The van der Waals surface area contributed by atoms with E-state index >= 15 is 0 Å². The molecule has 0 fully saturated rings. The predicted molar refractivity (Wildman–Crippen MR) is 62.7 cm³/mol. The minimum absolute atomic E-state index is 0.108. The van der Waals surface area contributed by atoms with Crippen LogP contribution in [0, 0.1) is 5.92 Å². The molecule has 17 heavy (non-hydrogen) atoms. The molecule has 0 aliphatic rings. The van der Waals surface area contributed by atoms with Gasteiger partial charge in [0, 0.05) is 12.8 Å². The van der Waals surface area contributed by atoms with E-state index in [1.54, 1.807) is 0 Å². The van der Waals surface area contributed by atoms with E-state index in [4.69, 9.17) is 9.84 Å². The molecule has 0 atom stereocenters. The number of aromatic carboxylic acids is 1. The van der Waals surface area contributed by atoms with Crippen molar-refractivity contribution in [3.8, 4) is 0 Å². The molecule has 1 rings (SSSR count). The number of aromatic nitrogens is 2. The lowest BCUT2D eigenvalue weighted by Gasteiger charge is -2.07. The number of hydrogen-bond donors (Lipinski definition) is 1. The number of carbonyl (C=O) groups is 1. The van der Waals surface area contributed by atoms with Crippen molar-refractivity contribution < 1.29 is 14.6 Å². The second-order valence-electron chi connectivity index (χ2n) is 4.28. The SMILES string of the molecule is CC(C)CCCOCc1ncncc1C(=O)O. The van der Waals surface area contributed by atoms with Crippen LogP contribution in [0.2, 0.25) is 0 Å². The molecule has 1 N–H and O–H groups in total. The number of carboxylic acids is 1. The maximum absolute atomic E-state index is 10.9. The van der Waals surface area contributed by atoms with E-state index in [9.17, 15) is 4.79 Å². The highest BCUT2D eigenvalue weighted by Gasteiger charge is 2.10. The first-order valence-electron chi connectivity index (χ1n) is 5.71. The van der Waals surface area contributed by atoms with Gasteiger partial charge in [-0.3, -0.25) is 0 Å². The van der Waals surface area contributed by atoms with E-state index in [0.29, 0.717) is 18.2 Å². The Morgan fingerprint density at radius 1 is 1.53 bits per heavy atom. The van der Waals surface area contributed by atoms with Crippen LogP contribution in [0.25, 0.3) is 0 Å². The van der Waals surface area contributed by atoms with E-state index in [2.05, 4.69) is 23.8 Å². The van der Waals surface area contributed by atoms with E-state index < -0.39 is 5.97 Å². The van der Waals surface area contributed by atoms with Crippen LogP contribution < -0.4 is 0 Å². The Labute approximate surface area is 101 Å². The van der Waals surface area contributed by atoms with Gasteiger partial charge in [-0.25, -0.2) is 14.8 Å². The van der Waals surface area contributed by atoms with Crippen molar-refractivity contribution >= 4 is 5.97 Å². The van der Waals surface area contributed by atoms with Gasteiger partial charge in [-0.15, -0.1) is 0 Å². The standard InChI is InChI=1S/C12H18N2O3/c1-9(2)4-3-5-17-7-11-10(12(15)16)6-13-8-14-11/h6,8-9H,3-5,7H2,1-2H3,(H,15,16). The maximum atomic E-state index is 10.9. The average Bonchev–Trinajstić information content (AvgIpc) is 2.28. The minimum atomic E-state index is -1.02. The Morgan fingerprint density at radius 3 is 2.94 bits per heavy atom. The molecule has 0 saturated carbocycles. The summed E-state index contributed by atoms with van der Waals surface area (Å²) < 4.78 is 5.41. The molecule has 0 saturated heterocycles. The zero-order chi connectivity index (χ0) is 12.7. The summed E-state index contributed by atoms with van der Waals surface area (Å²) in [5, 5.41) is 8.91. The highest BCUT2D eigenvalue weighted by atomic mass is 16.5. The quantitative estimate of drug-likeness (QED) is 0.737. The van der Waals surface area contributed by atoms with Crippen LogP contribution in [0.15, 0.2) is 12.5 Å². The number of nitrogens with zero attached hydrogens (tertiary/aromatic N) is 2. The Morgan fingerprint density at radius 2 is 2.29 bits per heavy atom. The molecule has 0 aliphatic carbocycles. The molecule has 94 valence electrons. The zero-order valence-corrected chi connectivity index (χ0v) is 10.2.